The second-order valence-corrected chi connectivity index (χ2v) is 5.14. The van der Waals surface area contributed by atoms with Gasteiger partial charge in [0.25, 0.3) is 0 Å². The van der Waals surface area contributed by atoms with Gasteiger partial charge >= 0.3 is 0 Å². The van der Waals surface area contributed by atoms with E-state index in [9.17, 15) is 4.79 Å². The third-order valence-corrected chi connectivity index (χ3v) is 3.43. The molecule has 0 radical (unpaired) electrons. The zero-order valence-electron chi connectivity index (χ0n) is 10.3. The Balaban J connectivity index is 2.43. The highest BCUT2D eigenvalue weighted by molar-refractivity contribution is 7.13. The van der Waals surface area contributed by atoms with Gasteiger partial charge in [0.15, 0.2) is 5.78 Å². The lowest BCUT2D eigenvalue weighted by Crippen LogP contribution is -2.26. The minimum atomic E-state index is 0.106. The van der Waals surface area contributed by atoms with Crippen LogP contribution in [-0.4, -0.2) is 42.9 Å². The molecule has 1 heterocycles. The molecule has 0 fully saturated rings. The van der Waals surface area contributed by atoms with E-state index in [-0.39, 0.29) is 5.78 Å². The predicted molar refractivity (Wildman–Crippen MR) is 67.1 cm³/mol. The second-order valence-electron chi connectivity index (χ2n) is 4.06. The van der Waals surface area contributed by atoms with Crippen LogP contribution in [0.1, 0.15) is 27.3 Å². The molecule has 1 aromatic heterocycles. The van der Waals surface area contributed by atoms with E-state index in [0.29, 0.717) is 0 Å². The van der Waals surface area contributed by atoms with Crippen molar-refractivity contribution in [3.05, 3.63) is 15.6 Å². The number of aryl methyl sites for hydroxylation is 1. The summed E-state index contributed by atoms with van der Waals surface area (Å²) in [6.45, 7) is 6.15. The van der Waals surface area contributed by atoms with Crippen molar-refractivity contribution in [1.82, 2.24) is 15.2 Å². The molecule has 0 unspecified atom stereocenters. The van der Waals surface area contributed by atoms with Crippen molar-refractivity contribution in [2.24, 2.45) is 0 Å². The predicted octanol–water partition coefficient (Wildman–Crippen LogP) is 1.31. The topological polar surface area (TPSA) is 45.2 Å². The summed E-state index contributed by atoms with van der Waals surface area (Å²) >= 11 is 1.49. The zero-order valence-corrected chi connectivity index (χ0v) is 11.1. The normalized spacial score (nSPS) is 11.1. The molecule has 0 aromatic carbocycles. The van der Waals surface area contributed by atoms with E-state index in [1.165, 1.54) is 11.3 Å². The highest BCUT2D eigenvalue weighted by Crippen LogP contribution is 2.18. The summed E-state index contributed by atoms with van der Waals surface area (Å²) in [7, 11) is 4.09. The van der Waals surface area contributed by atoms with Crippen molar-refractivity contribution in [3.63, 3.8) is 0 Å². The van der Waals surface area contributed by atoms with Crippen LogP contribution in [0.3, 0.4) is 0 Å². The van der Waals surface area contributed by atoms with Crippen molar-refractivity contribution in [3.8, 4) is 0 Å². The summed E-state index contributed by atoms with van der Waals surface area (Å²) < 4.78 is 0. The highest BCUT2D eigenvalue weighted by Gasteiger charge is 2.10. The van der Waals surface area contributed by atoms with E-state index in [0.717, 1.165) is 35.2 Å². The van der Waals surface area contributed by atoms with Gasteiger partial charge in [-0.25, -0.2) is 4.98 Å². The fraction of sp³-hybridized carbons (Fsp3) is 0.636. The highest BCUT2D eigenvalue weighted by atomic mass is 32.1. The lowest BCUT2D eigenvalue weighted by atomic mass is 10.3. The number of hydrogen-bond acceptors (Lipinski definition) is 5. The Hall–Kier alpha value is -0.780. The maximum atomic E-state index is 11.2. The minimum absolute atomic E-state index is 0.106. The largest absolute Gasteiger partial charge is 0.309 e. The Bertz CT molecular complexity index is 360. The maximum absolute atomic E-state index is 11.2. The standard InChI is InChI=1S/C11H19N3OS/c1-8-11(9(2)15)16-10(13-8)7-12-5-6-14(3)4/h12H,5-7H2,1-4H3. The number of likely N-dealkylation sites (N-methyl/N-ethyl adjacent to an activating group) is 1. The molecular weight excluding hydrogens is 222 g/mol. The summed E-state index contributed by atoms with van der Waals surface area (Å²) in [5.41, 5.74) is 0.849. The average molecular weight is 241 g/mol. The summed E-state index contributed by atoms with van der Waals surface area (Å²) in [4.78, 5) is 18.5. The van der Waals surface area contributed by atoms with Crippen LogP contribution in [-0.2, 0) is 6.54 Å². The number of nitrogens with one attached hydrogen (secondary N) is 1. The second kappa shape index (κ2) is 6.08. The number of rotatable bonds is 6. The Kier molecular flexibility index (Phi) is 5.05. The molecule has 0 atom stereocenters. The van der Waals surface area contributed by atoms with Gasteiger partial charge in [0.1, 0.15) is 5.01 Å². The van der Waals surface area contributed by atoms with Crippen molar-refractivity contribution in [1.29, 1.82) is 0 Å². The first-order chi connectivity index (χ1) is 7.50. The Labute approximate surface area is 101 Å². The van der Waals surface area contributed by atoms with Gasteiger partial charge in [-0.2, -0.15) is 0 Å². The van der Waals surface area contributed by atoms with Crippen LogP contribution >= 0.6 is 11.3 Å². The summed E-state index contributed by atoms with van der Waals surface area (Å²) in [6, 6.07) is 0. The van der Waals surface area contributed by atoms with Crippen molar-refractivity contribution in [2.75, 3.05) is 27.2 Å². The Morgan fingerprint density at radius 1 is 1.50 bits per heavy atom. The van der Waals surface area contributed by atoms with Crippen molar-refractivity contribution >= 4 is 17.1 Å². The molecule has 0 aliphatic carbocycles. The van der Waals surface area contributed by atoms with E-state index in [1.54, 1.807) is 6.92 Å². The SMILES string of the molecule is CC(=O)c1sc(CNCCN(C)C)nc1C. The first-order valence-corrected chi connectivity index (χ1v) is 6.15. The number of Topliss-reactive ketones (excluding diaryl/α,β-unsaturated/α-hetero) is 1. The quantitative estimate of drug-likeness (QED) is 0.602. The van der Waals surface area contributed by atoms with Crippen LogP contribution in [0.2, 0.25) is 0 Å². The molecule has 16 heavy (non-hydrogen) atoms. The molecule has 5 heteroatoms. The number of thiazole rings is 1. The van der Waals surface area contributed by atoms with E-state index in [2.05, 4.69) is 15.2 Å². The summed E-state index contributed by atoms with van der Waals surface area (Å²) in [6.07, 6.45) is 0. The summed E-state index contributed by atoms with van der Waals surface area (Å²) in [5, 5.41) is 4.29. The van der Waals surface area contributed by atoms with Gasteiger partial charge in [-0.3, -0.25) is 4.79 Å². The fourth-order valence-electron chi connectivity index (χ4n) is 1.35. The molecule has 1 N–H and O–H groups in total. The number of ketones is 1. The number of carbonyl (C=O) groups excluding carboxylic acids is 1. The molecule has 1 aromatic rings. The molecule has 0 saturated carbocycles. The van der Waals surface area contributed by atoms with Crippen LogP contribution in [0.5, 0.6) is 0 Å². The van der Waals surface area contributed by atoms with Gasteiger partial charge in [-0.1, -0.05) is 0 Å². The molecule has 0 aliphatic heterocycles. The van der Waals surface area contributed by atoms with Crippen LogP contribution in [0, 0.1) is 6.92 Å². The van der Waals surface area contributed by atoms with Gasteiger partial charge in [0.05, 0.1) is 10.6 Å². The minimum Gasteiger partial charge on any atom is -0.309 e. The zero-order chi connectivity index (χ0) is 12.1. The van der Waals surface area contributed by atoms with Gasteiger partial charge < -0.3 is 10.2 Å². The van der Waals surface area contributed by atoms with E-state index < -0.39 is 0 Å². The molecule has 0 spiro atoms. The van der Waals surface area contributed by atoms with E-state index in [4.69, 9.17) is 0 Å². The molecule has 4 nitrogen and oxygen atoms in total. The smallest absolute Gasteiger partial charge is 0.171 e. The monoisotopic (exact) mass is 241 g/mol. The van der Waals surface area contributed by atoms with Crippen molar-refractivity contribution < 1.29 is 4.79 Å². The van der Waals surface area contributed by atoms with E-state index >= 15 is 0 Å². The van der Waals surface area contributed by atoms with E-state index in [1.807, 2.05) is 21.0 Å². The molecule has 0 aliphatic rings. The third kappa shape index (κ3) is 4.00. The van der Waals surface area contributed by atoms with Crippen LogP contribution < -0.4 is 5.32 Å². The van der Waals surface area contributed by atoms with Gasteiger partial charge in [-0.05, 0) is 21.0 Å². The van der Waals surface area contributed by atoms with Gasteiger partial charge in [0.2, 0.25) is 0 Å². The molecular formula is C11H19N3OS. The number of aromatic nitrogens is 1. The first kappa shape index (κ1) is 13.3. The number of hydrogen-bond donors (Lipinski definition) is 1. The lowest BCUT2D eigenvalue weighted by Gasteiger charge is -2.08. The van der Waals surface area contributed by atoms with Gasteiger partial charge in [0, 0.05) is 26.6 Å². The maximum Gasteiger partial charge on any atom is 0.171 e. The number of carbonyl (C=O) groups is 1. The van der Waals surface area contributed by atoms with Crippen LogP contribution in [0.4, 0.5) is 0 Å². The molecule has 0 bridgehead atoms. The number of nitrogens with zero attached hydrogens (tertiary/aromatic N) is 2. The molecule has 0 amide bonds. The summed E-state index contributed by atoms with van der Waals surface area (Å²) in [5.74, 6) is 0.106. The van der Waals surface area contributed by atoms with Crippen LogP contribution in [0.15, 0.2) is 0 Å². The van der Waals surface area contributed by atoms with Crippen molar-refractivity contribution in [2.45, 2.75) is 20.4 Å². The lowest BCUT2D eigenvalue weighted by molar-refractivity contribution is 0.102. The third-order valence-electron chi connectivity index (χ3n) is 2.17. The Morgan fingerprint density at radius 3 is 2.69 bits per heavy atom. The Morgan fingerprint density at radius 2 is 2.19 bits per heavy atom. The molecule has 90 valence electrons. The van der Waals surface area contributed by atoms with Gasteiger partial charge in [-0.15, -0.1) is 11.3 Å². The first-order valence-electron chi connectivity index (χ1n) is 5.33. The molecule has 0 saturated heterocycles. The van der Waals surface area contributed by atoms with Crippen LogP contribution in [0.25, 0.3) is 0 Å². The fourth-order valence-corrected chi connectivity index (χ4v) is 2.28. The average Bonchev–Trinajstić information content (AvgIpc) is 2.54. The molecule has 1 rings (SSSR count).